The fourth-order valence-corrected chi connectivity index (χ4v) is 5.19. The van der Waals surface area contributed by atoms with Gasteiger partial charge in [-0.2, -0.15) is 0 Å². The Morgan fingerprint density at radius 1 is 1.06 bits per heavy atom. The van der Waals surface area contributed by atoms with Gasteiger partial charge in [-0.15, -0.1) is 0 Å². The number of H-pyrrole nitrogens is 1. The van der Waals surface area contributed by atoms with Gasteiger partial charge in [0.25, 0.3) is 11.7 Å². The molecule has 6 nitrogen and oxygen atoms in total. The number of rotatable bonds is 4. The first-order chi connectivity index (χ1) is 16.8. The maximum Gasteiger partial charge on any atom is 0.300 e. The van der Waals surface area contributed by atoms with E-state index in [1.807, 2.05) is 43.3 Å². The Kier molecular flexibility index (Phi) is 5.79. The average Bonchev–Trinajstić information content (AvgIpc) is 3.37. The van der Waals surface area contributed by atoms with E-state index in [0.717, 1.165) is 16.5 Å². The number of hydrogen-bond acceptors (Lipinski definition) is 4. The van der Waals surface area contributed by atoms with Crippen LogP contribution in [0.2, 0.25) is 10.0 Å². The summed E-state index contributed by atoms with van der Waals surface area (Å²) in [4.78, 5) is 31.6. The first-order valence-corrected chi connectivity index (χ1v) is 11.5. The molecule has 1 amide bonds. The van der Waals surface area contributed by atoms with Crippen LogP contribution in [-0.4, -0.2) is 28.9 Å². The molecule has 0 radical (unpaired) electrons. The first-order valence-electron chi connectivity index (χ1n) is 10.8. The summed E-state index contributed by atoms with van der Waals surface area (Å²) >= 11 is 12.5. The van der Waals surface area contributed by atoms with Gasteiger partial charge in [-0.3, -0.25) is 14.5 Å². The number of methoxy groups -OCH3 is 1. The number of aromatic nitrogens is 1. The number of nitrogens with zero attached hydrogens (tertiary/aromatic N) is 1. The van der Waals surface area contributed by atoms with Crippen molar-refractivity contribution in [2.24, 2.45) is 0 Å². The summed E-state index contributed by atoms with van der Waals surface area (Å²) in [6.45, 7) is 1.86. The van der Waals surface area contributed by atoms with Crippen molar-refractivity contribution in [3.05, 3.63) is 99.2 Å². The smallest absolute Gasteiger partial charge is 0.300 e. The molecule has 176 valence electrons. The van der Waals surface area contributed by atoms with E-state index in [1.165, 1.54) is 24.1 Å². The molecule has 1 atom stereocenters. The van der Waals surface area contributed by atoms with E-state index in [1.54, 1.807) is 18.3 Å². The molecule has 0 saturated carbocycles. The Labute approximate surface area is 211 Å². The number of nitrogens with one attached hydrogen (secondary N) is 1. The molecule has 35 heavy (non-hydrogen) atoms. The normalized spacial score (nSPS) is 17.4. The van der Waals surface area contributed by atoms with E-state index in [0.29, 0.717) is 11.3 Å². The van der Waals surface area contributed by atoms with E-state index in [-0.39, 0.29) is 26.9 Å². The molecule has 1 fully saturated rings. The van der Waals surface area contributed by atoms with Crippen LogP contribution in [0.25, 0.3) is 16.7 Å². The number of halogens is 2. The van der Waals surface area contributed by atoms with Gasteiger partial charge in [-0.05, 0) is 36.8 Å². The maximum absolute atomic E-state index is 13.5. The number of aryl methyl sites for hydroxylation is 1. The summed E-state index contributed by atoms with van der Waals surface area (Å²) < 4.78 is 5.40. The van der Waals surface area contributed by atoms with Crippen LogP contribution in [0.5, 0.6) is 5.75 Å². The summed E-state index contributed by atoms with van der Waals surface area (Å²) in [5.41, 5.74) is 2.91. The maximum atomic E-state index is 13.5. The second-order valence-corrected chi connectivity index (χ2v) is 9.06. The summed E-state index contributed by atoms with van der Waals surface area (Å²) in [5.74, 6) is -1.84. The zero-order valence-corrected chi connectivity index (χ0v) is 20.3. The predicted octanol–water partition coefficient (Wildman–Crippen LogP) is 6.42. The van der Waals surface area contributed by atoms with Gasteiger partial charge in [0, 0.05) is 33.4 Å². The van der Waals surface area contributed by atoms with E-state index in [9.17, 15) is 14.7 Å². The molecule has 1 saturated heterocycles. The van der Waals surface area contributed by atoms with Crippen molar-refractivity contribution in [3.8, 4) is 5.75 Å². The lowest BCUT2D eigenvalue weighted by atomic mass is 9.94. The minimum Gasteiger partial charge on any atom is -0.507 e. The third kappa shape index (κ3) is 3.66. The van der Waals surface area contributed by atoms with Crippen LogP contribution in [0.15, 0.2) is 72.4 Å². The Balaban J connectivity index is 1.84. The molecule has 0 spiro atoms. The van der Waals surface area contributed by atoms with E-state index >= 15 is 0 Å². The number of fused-ring (bicyclic) bond motifs is 1. The molecule has 5 rings (SSSR count). The van der Waals surface area contributed by atoms with Crippen LogP contribution >= 0.6 is 23.2 Å². The molecule has 8 heteroatoms. The number of Topliss-reactive ketones (excluding diaryl/α,β-unsaturated/α-hetero) is 1. The number of aromatic amines is 1. The predicted molar refractivity (Wildman–Crippen MR) is 137 cm³/mol. The van der Waals surface area contributed by atoms with Crippen molar-refractivity contribution in [1.82, 2.24) is 4.98 Å². The summed E-state index contributed by atoms with van der Waals surface area (Å²) in [6, 6.07) is 16.9. The van der Waals surface area contributed by atoms with Gasteiger partial charge >= 0.3 is 0 Å². The van der Waals surface area contributed by atoms with Crippen molar-refractivity contribution in [2.45, 2.75) is 13.0 Å². The summed E-state index contributed by atoms with van der Waals surface area (Å²) in [5, 5.41) is 12.7. The number of aliphatic hydroxyl groups excluding tert-OH is 1. The molecule has 2 heterocycles. The average molecular weight is 507 g/mol. The zero-order valence-electron chi connectivity index (χ0n) is 18.8. The minimum absolute atomic E-state index is 0.0837. The number of carbonyl (C=O) groups is 2. The van der Waals surface area contributed by atoms with Gasteiger partial charge in [0.05, 0.1) is 29.3 Å². The lowest BCUT2D eigenvalue weighted by Crippen LogP contribution is -2.30. The highest BCUT2D eigenvalue weighted by molar-refractivity contribution is 6.52. The Morgan fingerprint density at radius 3 is 2.51 bits per heavy atom. The van der Waals surface area contributed by atoms with Gasteiger partial charge < -0.3 is 14.8 Å². The standard InChI is InChI=1S/C27H20Cl2N2O4/c1-14-7-3-6-10-21(14)31-23(18-13-30-20-9-5-4-8-16(18)20)22(25(33)27(31)34)24(32)17-11-15(28)12-19(29)26(17)35-2/h3-13,23,30,32H,1-2H3/b24-22+. The molecule has 3 aromatic carbocycles. The number of carbonyl (C=O) groups excluding carboxylic acids is 2. The molecule has 1 aromatic heterocycles. The first kappa shape index (κ1) is 23.0. The lowest BCUT2D eigenvalue weighted by Gasteiger charge is -2.26. The van der Waals surface area contributed by atoms with Crippen molar-refractivity contribution in [3.63, 3.8) is 0 Å². The van der Waals surface area contributed by atoms with Crippen LogP contribution in [0, 0.1) is 6.92 Å². The molecule has 2 N–H and O–H groups in total. The van der Waals surface area contributed by atoms with Crippen LogP contribution in [0.4, 0.5) is 5.69 Å². The van der Waals surface area contributed by atoms with Crippen LogP contribution < -0.4 is 9.64 Å². The monoisotopic (exact) mass is 506 g/mol. The molecule has 4 aromatic rings. The second kappa shape index (κ2) is 8.80. The third-order valence-corrected chi connectivity index (χ3v) is 6.70. The number of benzene rings is 3. The quantitative estimate of drug-likeness (QED) is 0.190. The number of aliphatic hydroxyl groups is 1. The molecular formula is C27H20Cl2N2O4. The van der Waals surface area contributed by atoms with Crippen molar-refractivity contribution >= 4 is 57.2 Å². The van der Waals surface area contributed by atoms with Crippen molar-refractivity contribution in [2.75, 3.05) is 12.0 Å². The van der Waals surface area contributed by atoms with E-state index in [2.05, 4.69) is 4.98 Å². The third-order valence-electron chi connectivity index (χ3n) is 6.20. The molecule has 0 bridgehead atoms. The summed E-state index contributed by atoms with van der Waals surface area (Å²) in [7, 11) is 1.40. The van der Waals surface area contributed by atoms with E-state index in [4.69, 9.17) is 27.9 Å². The molecule has 1 unspecified atom stereocenters. The zero-order chi connectivity index (χ0) is 24.9. The van der Waals surface area contributed by atoms with Crippen molar-refractivity contribution in [1.29, 1.82) is 0 Å². The fourth-order valence-electron chi connectivity index (χ4n) is 4.62. The highest BCUT2D eigenvalue weighted by atomic mass is 35.5. The largest absolute Gasteiger partial charge is 0.507 e. The number of ether oxygens (including phenoxy) is 1. The van der Waals surface area contributed by atoms with Gasteiger partial charge in [0.15, 0.2) is 0 Å². The topological polar surface area (TPSA) is 82.6 Å². The van der Waals surface area contributed by atoms with Crippen LogP contribution in [0.3, 0.4) is 0 Å². The van der Waals surface area contributed by atoms with Gasteiger partial charge in [0.1, 0.15) is 11.5 Å². The number of amides is 1. The Bertz CT molecular complexity index is 1540. The van der Waals surface area contributed by atoms with Gasteiger partial charge in [0.2, 0.25) is 0 Å². The Morgan fingerprint density at radius 2 is 1.77 bits per heavy atom. The second-order valence-electron chi connectivity index (χ2n) is 8.21. The highest BCUT2D eigenvalue weighted by Crippen LogP contribution is 2.46. The number of ketones is 1. The highest BCUT2D eigenvalue weighted by Gasteiger charge is 2.48. The Hall–Kier alpha value is -3.74. The fraction of sp³-hybridized carbons (Fsp3) is 0.111. The molecular weight excluding hydrogens is 487 g/mol. The van der Waals surface area contributed by atoms with Gasteiger partial charge in [-0.1, -0.05) is 59.6 Å². The van der Waals surface area contributed by atoms with E-state index < -0.39 is 23.5 Å². The minimum atomic E-state index is -0.908. The molecule has 0 aliphatic carbocycles. The number of hydrogen-bond donors (Lipinski definition) is 2. The SMILES string of the molecule is COc1c(Cl)cc(Cl)cc1/C(O)=C1\C(=O)C(=O)N(c2ccccc2C)C1c1c[nH]c2ccccc12. The summed E-state index contributed by atoms with van der Waals surface area (Å²) in [6.07, 6.45) is 1.75. The lowest BCUT2D eigenvalue weighted by molar-refractivity contribution is -0.132. The van der Waals surface area contributed by atoms with Crippen LogP contribution in [0.1, 0.15) is 22.7 Å². The van der Waals surface area contributed by atoms with Crippen molar-refractivity contribution < 1.29 is 19.4 Å². The molecule has 1 aliphatic rings. The molecule has 1 aliphatic heterocycles. The number of anilines is 1. The van der Waals surface area contributed by atoms with Gasteiger partial charge in [-0.25, -0.2) is 0 Å². The number of para-hydroxylation sites is 2. The van der Waals surface area contributed by atoms with Crippen LogP contribution in [-0.2, 0) is 9.59 Å².